The number of nitro groups is 2. The molecule has 0 aromatic heterocycles. The largest absolute Gasteiger partial charge is 0.287 e. The minimum Gasteiger partial charge on any atom is -0.267 e. The van der Waals surface area contributed by atoms with E-state index in [0.717, 1.165) is 11.1 Å². The fourth-order valence-corrected chi connectivity index (χ4v) is 3.62. The molecule has 11 nitrogen and oxygen atoms in total. The number of halogens is 1. The standard InChI is InChI=1S/C22H13ClN4O7/c23-15-8-6-14(7-9-15)20(28)24(12-13-4-10-16(11-5-13)26(31)32)25-21(29)17-2-1-3-18(27(33)34)19(17)22(25)30/h1-11H,12H2. The van der Waals surface area contributed by atoms with E-state index in [1.54, 1.807) is 0 Å². The average Bonchev–Trinajstić information content (AvgIpc) is 3.07. The molecule has 12 heteroatoms. The van der Waals surface area contributed by atoms with Crippen LogP contribution in [-0.2, 0) is 6.54 Å². The molecule has 0 saturated heterocycles. The van der Waals surface area contributed by atoms with E-state index in [-0.39, 0.29) is 23.4 Å². The van der Waals surface area contributed by atoms with Gasteiger partial charge in [0.05, 0.1) is 22.0 Å². The number of benzene rings is 3. The molecule has 1 aliphatic rings. The Kier molecular flexibility index (Phi) is 5.78. The van der Waals surface area contributed by atoms with Gasteiger partial charge < -0.3 is 0 Å². The summed E-state index contributed by atoms with van der Waals surface area (Å²) in [6.07, 6.45) is 0. The van der Waals surface area contributed by atoms with E-state index >= 15 is 0 Å². The van der Waals surface area contributed by atoms with E-state index in [1.165, 1.54) is 60.7 Å². The number of fused-ring (bicyclic) bond motifs is 1. The number of hydrogen-bond donors (Lipinski definition) is 0. The molecule has 0 saturated carbocycles. The van der Waals surface area contributed by atoms with E-state index in [0.29, 0.717) is 15.6 Å². The highest BCUT2D eigenvalue weighted by Gasteiger charge is 2.45. The van der Waals surface area contributed by atoms with Crippen LogP contribution >= 0.6 is 11.6 Å². The molecule has 34 heavy (non-hydrogen) atoms. The molecule has 3 aromatic rings. The van der Waals surface area contributed by atoms with E-state index in [9.17, 15) is 34.6 Å². The van der Waals surface area contributed by atoms with Gasteiger partial charge in [0, 0.05) is 28.8 Å². The molecule has 3 aromatic carbocycles. The number of nitrogens with zero attached hydrogens (tertiary/aromatic N) is 4. The molecule has 0 atom stereocenters. The van der Waals surface area contributed by atoms with Gasteiger partial charge in [-0.1, -0.05) is 29.8 Å². The van der Waals surface area contributed by atoms with Crippen LogP contribution in [0.4, 0.5) is 11.4 Å². The number of carbonyl (C=O) groups excluding carboxylic acids is 3. The highest BCUT2D eigenvalue weighted by Crippen LogP contribution is 2.33. The van der Waals surface area contributed by atoms with Crippen molar-refractivity contribution in [2.75, 3.05) is 0 Å². The van der Waals surface area contributed by atoms with Crippen LogP contribution in [0.2, 0.25) is 5.02 Å². The van der Waals surface area contributed by atoms with Gasteiger partial charge in [-0.2, -0.15) is 5.01 Å². The van der Waals surface area contributed by atoms with Crippen LogP contribution in [0, 0.1) is 20.2 Å². The number of hydrogen-bond acceptors (Lipinski definition) is 7. The Hall–Kier alpha value is -4.64. The molecule has 170 valence electrons. The van der Waals surface area contributed by atoms with Crippen LogP contribution in [0.15, 0.2) is 66.7 Å². The van der Waals surface area contributed by atoms with Crippen molar-refractivity contribution < 1.29 is 24.2 Å². The molecular formula is C22H13ClN4O7. The van der Waals surface area contributed by atoms with Crippen LogP contribution in [-0.4, -0.2) is 37.6 Å². The number of amides is 3. The Labute approximate surface area is 196 Å². The van der Waals surface area contributed by atoms with Crippen molar-refractivity contribution in [3.8, 4) is 0 Å². The Bertz CT molecular complexity index is 1360. The third-order valence-electron chi connectivity index (χ3n) is 5.11. The maximum atomic E-state index is 13.4. The van der Waals surface area contributed by atoms with Gasteiger partial charge in [0.1, 0.15) is 5.56 Å². The van der Waals surface area contributed by atoms with Gasteiger partial charge in [0.25, 0.3) is 29.1 Å². The number of carbonyl (C=O) groups is 3. The lowest BCUT2D eigenvalue weighted by Crippen LogP contribution is -2.49. The Morgan fingerprint density at radius 3 is 2.12 bits per heavy atom. The maximum Gasteiger partial charge on any atom is 0.287 e. The van der Waals surface area contributed by atoms with Crippen molar-refractivity contribution in [2.24, 2.45) is 0 Å². The van der Waals surface area contributed by atoms with Crippen LogP contribution in [0.25, 0.3) is 0 Å². The summed E-state index contributed by atoms with van der Waals surface area (Å²) in [5, 5.41) is 24.1. The number of nitro benzene ring substituents is 2. The summed E-state index contributed by atoms with van der Waals surface area (Å²) in [5.74, 6) is -2.70. The Morgan fingerprint density at radius 2 is 1.53 bits per heavy atom. The summed E-state index contributed by atoms with van der Waals surface area (Å²) in [7, 11) is 0. The quantitative estimate of drug-likeness (QED) is 0.294. The number of non-ortho nitro benzene ring substituents is 1. The predicted octanol–water partition coefficient (Wildman–Crippen LogP) is 4.01. The van der Waals surface area contributed by atoms with Crippen molar-refractivity contribution >= 4 is 40.7 Å². The molecule has 0 radical (unpaired) electrons. The van der Waals surface area contributed by atoms with Crippen molar-refractivity contribution in [2.45, 2.75) is 6.54 Å². The minimum atomic E-state index is -1.03. The third-order valence-corrected chi connectivity index (χ3v) is 5.37. The van der Waals surface area contributed by atoms with Gasteiger partial charge in [-0.25, -0.2) is 5.01 Å². The summed E-state index contributed by atoms with van der Waals surface area (Å²) in [6, 6.07) is 14.5. The first-order valence-corrected chi connectivity index (χ1v) is 10.0. The van der Waals surface area contributed by atoms with Crippen LogP contribution < -0.4 is 0 Å². The normalized spacial score (nSPS) is 12.4. The molecule has 4 rings (SSSR count). The average molecular weight is 481 g/mol. The van der Waals surface area contributed by atoms with Gasteiger partial charge >= 0.3 is 0 Å². The van der Waals surface area contributed by atoms with E-state index in [1.807, 2.05) is 0 Å². The number of rotatable bonds is 6. The third kappa shape index (κ3) is 3.95. The summed E-state index contributed by atoms with van der Waals surface area (Å²) in [4.78, 5) is 60.7. The van der Waals surface area contributed by atoms with Gasteiger partial charge in [-0.05, 0) is 35.9 Å². The number of hydrazine groups is 1. The molecule has 0 fully saturated rings. The predicted molar refractivity (Wildman–Crippen MR) is 118 cm³/mol. The first kappa shape index (κ1) is 22.6. The molecular weight excluding hydrogens is 468 g/mol. The fraction of sp³-hybridized carbons (Fsp3) is 0.0455. The minimum absolute atomic E-state index is 0.0948. The smallest absolute Gasteiger partial charge is 0.267 e. The van der Waals surface area contributed by atoms with E-state index in [2.05, 4.69) is 0 Å². The molecule has 1 aliphatic heterocycles. The highest BCUT2D eigenvalue weighted by molar-refractivity contribution is 6.30. The molecule has 0 unspecified atom stereocenters. The van der Waals surface area contributed by atoms with Gasteiger partial charge in [-0.3, -0.25) is 34.6 Å². The van der Waals surface area contributed by atoms with E-state index in [4.69, 9.17) is 11.6 Å². The SMILES string of the molecule is O=C(c1ccc(Cl)cc1)N(Cc1ccc([N+](=O)[O-])cc1)N1C(=O)c2cccc([N+](=O)[O-])c2C1=O. The fourth-order valence-electron chi connectivity index (χ4n) is 3.50. The van der Waals surface area contributed by atoms with Crippen molar-refractivity contribution in [3.63, 3.8) is 0 Å². The Balaban J connectivity index is 1.78. The second kappa shape index (κ2) is 8.71. The summed E-state index contributed by atoms with van der Waals surface area (Å²) >= 11 is 5.89. The van der Waals surface area contributed by atoms with Crippen LogP contribution in [0.1, 0.15) is 36.6 Å². The second-order valence-electron chi connectivity index (χ2n) is 7.17. The van der Waals surface area contributed by atoms with Gasteiger partial charge in [0.15, 0.2) is 0 Å². The number of imide groups is 1. The Morgan fingerprint density at radius 1 is 0.882 bits per heavy atom. The molecule has 0 N–H and O–H groups in total. The van der Waals surface area contributed by atoms with Crippen LogP contribution in [0.3, 0.4) is 0 Å². The molecule has 0 bridgehead atoms. The first-order chi connectivity index (χ1) is 16.2. The molecule has 1 heterocycles. The zero-order valence-corrected chi connectivity index (χ0v) is 17.8. The zero-order chi connectivity index (χ0) is 24.6. The molecule has 0 spiro atoms. The van der Waals surface area contributed by atoms with Crippen molar-refractivity contribution in [1.29, 1.82) is 0 Å². The lowest BCUT2D eigenvalue weighted by molar-refractivity contribution is -0.385. The zero-order valence-electron chi connectivity index (χ0n) is 17.1. The van der Waals surface area contributed by atoms with Gasteiger partial charge in [-0.15, -0.1) is 0 Å². The topological polar surface area (TPSA) is 144 Å². The summed E-state index contributed by atoms with van der Waals surface area (Å²) in [6.45, 7) is -0.321. The van der Waals surface area contributed by atoms with Crippen LogP contribution in [0.5, 0.6) is 0 Å². The van der Waals surface area contributed by atoms with E-state index < -0.39 is 38.8 Å². The maximum absolute atomic E-state index is 13.4. The molecule has 3 amide bonds. The summed E-state index contributed by atoms with van der Waals surface area (Å²) in [5.41, 5.74) is -0.911. The summed E-state index contributed by atoms with van der Waals surface area (Å²) < 4.78 is 0. The highest BCUT2D eigenvalue weighted by atomic mass is 35.5. The van der Waals surface area contributed by atoms with Crippen molar-refractivity contribution in [3.05, 3.63) is 114 Å². The lowest BCUT2D eigenvalue weighted by Gasteiger charge is -2.30. The monoisotopic (exact) mass is 480 g/mol. The first-order valence-electron chi connectivity index (χ1n) is 9.66. The second-order valence-corrected chi connectivity index (χ2v) is 7.61. The lowest BCUT2D eigenvalue weighted by atomic mass is 10.1. The molecule has 0 aliphatic carbocycles. The van der Waals surface area contributed by atoms with Gasteiger partial charge in [0.2, 0.25) is 0 Å². The van der Waals surface area contributed by atoms with Crippen molar-refractivity contribution in [1.82, 2.24) is 10.0 Å².